The Morgan fingerprint density at radius 1 is 1.25 bits per heavy atom. The van der Waals surface area contributed by atoms with Crippen LogP contribution in [0.5, 0.6) is 0 Å². The van der Waals surface area contributed by atoms with E-state index in [-0.39, 0.29) is 59.8 Å². The monoisotopic (exact) mass is 356 g/mol. The molecule has 1 aromatic rings. The fourth-order valence-electron chi connectivity index (χ4n) is 0.196. The van der Waals surface area contributed by atoms with Gasteiger partial charge in [-0.1, -0.05) is 6.07 Å². The van der Waals surface area contributed by atoms with E-state index in [1.807, 2.05) is 17.5 Å². The largest absolute Gasteiger partial charge is 1.00 e. The van der Waals surface area contributed by atoms with Crippen molar-refractivity contribution in [2.24, 2.45) is 0 Å². The van der Waals surface area contributed by atoms with Gasteiger partial charge in [-0.3, -0.25) is 0 Å². The zero-order valence-electron chi connectivity index (χ0n) is 3.97. The van der Waals surface area contributed by atoms with Crippen LogP contribution >= 0.6 is 11.3 Å². The first kappa shape index (κ1) is 16.3. The SMILES string of the molecule is [Br-].[Br-].[In].[c]1cccs1. The third-order valence-electron chi connectivity index (χ3n) is 0.379. The molecule has 0 N–H and O–H groups in total. The first-order valence-corrected chi connectivity index (χ1v) is 2.27. The van der Waals surface area contributed by atoms with Crippen molar-refractivity contribution in [2.45, 2.75) is 0 Å². The molecule has 0 aliphatic heterocycles. The molecule has 0 bridgehead atoms. The van der Waals surface area contributed by atoms with Crippen molar-refractivity contribution in [1.29, 1.82) is 0 Å². The van der Waals surface area contributed by atoms with E-state index in [0.29, 0.717) is 0 Å². The fourth-order valence-corrected chi connectivity index (χ4v) is 0.589. The maximum absolute atomic E-state index is 2.90. The van der Waals surface area contributed by atoms with Gasteiger partial charge < -0.3 is 34.0 Å². The smallest absolute Gasteiger partial charge is 0.0442 e. The minimum atomic E-state index is 0. The Balaban J connectivity index is -0.0000000833. The van der Waals surface area contributed by atoms with Crippen LogP contribution in [-0.4, -0.2) is 25.8 Å². The maximum atomic E-state index is 2.90. The zero-order chi connectivity index (χ0) is 3.54. The first-order valence-electron chi connectivity index (χ1n) is 1.40. The summed E-state index contributed by atoms with van der Waals surface area (Å²) in [6.07, 6.45) is 0. The van der Waals surface area contributed by atoms with E-state index < -0.39 is 0 Å². The minimum absolute atomic E-state index is 0. The summed E-state index contributed by atoms with van der Waals surface area (Å²) in [5.41, 5.74) is 0. The molecule has 4 radical (unpaired) electrons. The second-order valence-electron chi connectivity index (χ2n) is 0.731. The molecule has 0 aromatic carbocycles. The molecule has 0 aliphatic rings. The van der Waals surface area contributed by atoms with Crippen molar-refractivity contribution in [3.05, 3.63) is 22.9 Å². The van der Waals surface area contributed by atoms with E-state index in [0.717, 1.165) is 0 Å². The van der Waals surface area contributed by atoms with Gasteiger partial charge in [0.1, 0.15) is 0 Å². The molecular formula is C4H3Br2InS-2. The number of thiophene rings is 1. The van der Waals surface area contributed by atoms with Crippen LogP contribution in [0.25, 0.3) is 0 Å². The van der Waals surface area contributed by atoms with Gasteiger partial charge in [0.2, 0.25) is 0 Å². The zero-order valence-corrected chi connectivity index (χ0v) is 11.3. The van der Waals surface area contributed by atoms with Gasteiger partial charge >= 0.3 is 0 Å². The number of halogens is 2. The Bertz CT molecular complexity index is 70.5. The van der Waals surface area contributed by atoms with Crippen molar-refractivity contribution in [2.75, 3.05) is 0 Å². The molecule has 1 heterocycles. The number of hydrogen-bond donors (Lipinski definition) is 0. The molecule has 0 saturated carbocycles. The molecule has 44 valence electrons. The van der Waals surface area contributed by atoms with Crippen LogP contribution in [-0.2, 0) is 0 Å². The third kappa shape index (κ3) is 7.53. The summed E-state index contributed by atoms with van der Waals surface area (Å²) < 4.78 is 0. The van der Waals surface area contributed by atoms with Crippen molar-refractivity contribution in [3.63, 3.8) is 0 Å². The number of rotatable bonds is 0. The molecule has 8 heavy (non-hydrogen) atoms. The van der Waals surface area contributed by atoms with Crippen molar-refractivity contribution < 1.29 is 34.0 Å². The van der Waals surface area contributed by atoms with E-state index in [9.17, 15) is 0 Å². The van der Waals surface area contributed by atoms with Crippen molar-refractivity contribution >= 4 is 37.2 Å². The summed E-state index contributed by atoms with van der Waals surface area (Å²) in [5.74, 6) is 0. The minimum Gasteiger partial charge on any atom is -1.00 e. The second-order valence-corrected chi connectivity index (χ2v) is 1.47. The van der Waals surface area contributed by atoms with Crippen LogP contribution in [0.3, 0.4) is 0 Å². The van der Waals surface area contributed by atoms with Gasteiger partial charge in [-0.05, 0) is 11.4 Å². The summed E-state index contributed by atoms with van der Waals surface area (Å²) in [6.45, 7) is 0. The molecule has 0 fully saturated rings. The Morgan fingerprint density at radius 2 is 1.88 bits per heavy atom. The molecule has 0 unspecified atom stereocenters. The van der Waals surface area contributed by atoms with E-state index >= 15 is 0 Å². The van der Waals surface area contributed by atoms with Crippen LogP contribution in [0, 0.1) is 5.38 Å². The van der Waals surface area contributed by atoms with E-state index in [4.69, 9.17) is 0 Å². The quantitative estimate of drug-likeness (QED) is 0.437. The van der Waals surface area contributed by atoms with Gasteiger partial charge in [-0.25, -0.2) is 0 Å². The summed E-state index contributed by atoms with van der Waals surface area (Å²) in [5, 5.41) is 4.89. The standard InChI is InChI=1S/C4H3S.2BrH.In/c1-2-4-5-3-1;;;/h1-3H;2*1H;/p-2. The first-order chi connectivity index (χ1) is 2.50. The van der Waals surface area contributed by atoms with Gasteiger partial charge in [0.25, 0.3) is 0 Å². The van der Waals surface area contributed by atoms with Crippen LogP contribution in [0.2, 0.25) is 0 Å². The maximum Gasteiger partial charge on any atom is 0.0442 e. The average Bonchev–Trinajstić information content (AvgIpc) is 1.76. The topological polar surface area (TPSA) is 0 Å². The average molecular weight is 358 g/mol. The normalized spacial score (nSPS) is 5.00. The Hall–Kier alpha value is 1.53. The van der Waals surface area contributed by atoms with E-state index in [1.54, 1.807) is 11.3 Å². The molecule has 4 heteroatoms. The van der Waals surface area contributed by atoms with Crippen LogP contribution < -0.4 is 34.0 Å². The molecule has 0 amide bonds. The van der Waals surface area contributed by atoms with Gasteiger partial charge in [-0.2, -0.15) is 0 Å². The molecule has 0 atom stereocenters. The van der Waals surface area contributed by atoms with Gasteiger partial charge in [-0.15, -0.1) is 11.3 Å². The Morgan fingerprint density at radius 3 is 2.00 bits per heavy atom. The van der Waals surface area contributed by atoms with E-state index in [1.165, 1.54) is 0 Å². The number of hydrogen-bond acceptors (Lipinski definition) is 1. The molecule has 1 rings (SSSR count). The predicted molar refractivity (Wildman–Crippen MR) is 28.9 cm³/mol. The van der Waals surface area contributed by atoms with Crippen LogP contribution in [0.1, 0.15) is 0 Å². The van der Waals surface area contributed by atoms with Gasteiger partial charge in [0, 0.05) is 31.2 Å². The van der Waals surface area contributed by atoms with E-state index in [2.05, 4.69) is 5.38 Å². The molecule has 0 spiro atoms. The summed E-state index contributed by atoms with van der Waals surface area (Å²) in [7, 11) is 0. The van der Waals surface area contributed by atoms with Crippen molar-refractivity contribution in [1.82, 2.24) is 0 Å². The molecule has 0 aliphatic carbocycles. The fraction of sp³-hybridized carbons (Fsp3) is 0. The molecule has 0 nitrogen and oxygen atoms in total. The van der Waals surface area contributed by atoms with Crippen LogP contribution in [0.15, 0.2) is 17.5 Å². The van der Waals surface area contributed by atoms with Gasteiger partial charge in [0.15, 0.2) is 0 Å². The molecule has 1 aromatic heterocycles. The Labute approximate surface area is 93.0 Å². The summed E-state index contributed by atoms with van der Waals surface area (Å²) in [6, 6.07) is 3.86. The third-order valence-corrected chi connectivity index (χ3v) is 0.944. The van der Waals surface area contributed by atoms with Gasteiger partial charge in [0.05, 0.1) is 0 Å². The van der Waals surface area contributed by atoms with Crippen molar-refractivity contribution in [3.8, 4) is 0 Å². The Kier molecular flexibility index (Phi) is 23.1. The summed E-state index contributed by atoms with van der Waals surface area (Å²) >= 11 is 1.59. The second kappa shape index (κ2) is 11.3. The van der Waals surface area contributed by atoms with Crippen LogP contribution in [0.4, 0.5) is 0 Å². The predicted octanol–water partition coefficient (Wildman–Crippen LogP) is -4.82. The molecular weight excluding hydrogens is 355 g/mol. The summed E-state index contributed by atoms with van der Waals surface area (Å²) in [4.78, 5) is 0. The molecule has 0 saturated heterocycles.